The van der Waals surface area contributed by atoms with Gasteiger partial charge in [-0.15, -0.1) is 4.05 Å². The summed E-state index contributed by atoms with van der Waals surface area (Å²) in [6, 6.07) is 0. The summed E-state index contributed by atoms with van der Waals surface area (Å²) >= 11 is -0.224. The molecule has 10 heavy (non-hydrogen) atoms. The number of unbranched alkanes of at least 4 members (excludes halogenated alkanes) is 3. The van der Waals surface area contributed by atoms with E-state index in [1.54, 1.807) is 0 Å². The predicted molar refractivity (Wildman–Crippen MR) is 49.8 cm³/mol. The first-order chi connectivity index (χ1) is 4.81. The lowest BCUT2D eigenvalue weighted by Gasteiger charge is -2.04. The molecule has 0 spiro atoms. The molecule has 0 bridgehead atoms. The van der Waals surface area contributed by atoms with Crippen molar-refractivity contribution in [2.24, 2.45) is 0 Å². The number of rotatable bonds is 6. The molecule has 0 aliphatic carbocycles. The zero-order chi connectivity index (χ0) is 7.82. The third-order valence-corrected chi connectivity index (χ3v) is 4.33. The standard InChI is InChI=1S/C8H17.ClH.Mg/c1-3-5-7-8-6-4-2;;/h3H,4-8H2,1-2H3;1H;/q;;+1/p-1. The Bertz CT molecular complexity index is 66.3. The fourth-order valence-corrected chi connectivity index (χ4v) is 1.90. The average molecular weight is 173 g/mol. The van der Waals surface area contributed by atoms with Gasteiger partial charge in [0.05, 0.1) is 0 Å². The van der Waals surface area contributed by atoms with E-state index in [-0.39, 0.29) is 19.3 Å². The number of hydrogen-bond acceptors (Lipinski definition) is 0. The first-order valence-electron chi connectivity index (χ1n) is 4.37. The Hall–Kier alpha value is 1.06. The van der Waals surface area contributed by atoms with E-state index in [4.69, 9.17) is 9.07 Å². The minimum atomic E-state index is -0.224. The molecule has 1 atom stereocenters. The van der Waals surface area contributed by atoms with Gasteiger partial charge in [-0.1, -0.05) is 46.0 Å². The topological polar surface area (TPSA) is 0 Å². The Morgan fingerprint density at radius 3 is 2.50 bits per heavy atom. The van der Waals surface area contributed by atoms with Crippen LogP contribution in [0.25, 0.3) is 0 Å². The third kappa shape index (κ3) is 7.17. The van der Waals surface area contributed by atoms with Gasteiger partial charge in [0.25, 0.3) is 0 Å². The normalized spacial score (nSPS) is 12.7. The van der Waals surface area contributed by atoms with E-state index >= 15 is 0 Å². The molecule has 0 aliphatic rings. The molecule has 58 valence electrons. The highest BCUT2D eigenvalue weighted by Crippen LogP contribution is 2.14. The Labute approximate surface area is 78.2 Å². The van der Waals surface area contributed by atoms with E-state index < -0.39 is 0 Å². The number of halogens is 1. The summed E-state index contributed by atoms with van der Waals surface area (Å²) in [5, 5.41) is 0. The predicted octanol–water partition coefficient (Wildman–Crippen LogP) is 3.62. The zero-order valence-corrected chi connectivity index (χ0v) is 9.37. The van der Waals surface area contributed by atoms with Crippen molar-refractivity contribution in [1.29, 1.82) is 0 Å². The monoisotopic (exact) mass is 172 g/mol. The Kier molecular flexibility index (Phi) is 9.02. The quantitative estimate of drug-likeness (QED) is 0.425. The maximum atomic E-state index is 5.80. The minimum Gasteiger partial charge on any atom is -0.346 e. The molecule has 0 N–H and O–H groups in total. The fraction of sp³-hybridized carbons (Fsp3) is 1.00. The number of hydrogen-bond donors (Lipinski definition) is 0. The smallest absolute Gasteiger partial charge is 0.346 e. The molecule has 0 saturated carbocycles. The van der Waals surface area contributed by atoms with Gasteiger partial charge in [0.1, 0.15) is 0 Å². The van der Waals surface area contributed by atoms with Crippen molar-refractivity contribution in [2.75, 3.05) is 0 Å². The largest absolute Gasteiger partial charge is 0.504 e. The van der Waals surface area contributed by atoms with Crippen molar-refractivity contribution >= 4 is 28.3 Å². The van der Waals surface area contributed by atoms with E-state index in [0.717, 1.165) is 4.05 Å². The highest BCUT2D eigenvalue weighted by Gasteiger charge is 2.02. The minimum absolute atomic E-state index is 0.224. The second kappa shape index (κ2) is 8.16. The van der Waals surface area contributed by atoms with E-state index in [2.05, 4.69) is 13.8 Å². The molecule has 0 fully saturated rings. The van der Waals surface area contributed by atoms with Crippen molar-refractivity contribution in [3.63, 3.8) is 0 Å². The van der Waals surface area contributed by atoms with Crippen LogP contribution in [-0.4, -0.2) is 19.3 Å². The van der Waals surface area contributed by atoms with Crippen molar-refractivity contribution in [3.05, 3.63) is 0 Å². The van der Waals surface area contributed by atoms with Crippen molar-refractivity contribution in [2.45, 2.75) is 50.0 Å². The summed E-state index contributed by atoms with van der Waals surface area (Å²) in [7, 11) is 5.80. The van der Waals surface area contributed by atoms with Crippen LogP contribution in [-0.2, 0) is 0 Å². The molecule has 0 heterocycles. The van der Waals surface area contributed by atoms with Crippen molar-refractivity contribution in [3.8, 4) is 0 Å². The second-order valence-corrected chi connectivity index (χ2v) is 5.74. The lowest BCUT2D eigenvalue weighted by atomic mass is 10.1. The SMILES string of the molecule is CCCCCC[CH](C)[Mg][Cl]. The molecular weight excluding hydrogens is 156 g/mol. The van der Waals surface area contributed by atoms with Gasteiger partial charge in [-0.2, -0.15) is 0 Å². The Morgan fingerprint density at radius 1 is 1.30 bits per heavy atom. The third-order valence-electron chi connectivity index (χ3n) is 1.81. The summed E-state index contributed by atoms with van der Waals surface area (Å²) < 4.78 is 0.860. The molecule has 0 nitrogen and oxygen atoms in total. The average Bonchev–Trinajstić information content (AvgIpc) is 1.98. The Morgan fingerprint density at radius 2 is 2.00 bits per heavy atom. The van der Waals surface area contributed by atoms with Crippen LogP contribution in [0.5, 0.6) is 0 Å². The maximum Gasteiger partial charge on any atom is 0.504 e. The van der Waals surface area contributed by atoms with Crippen LogP contribution in [0.1, 0.15) is 46.0 Å². The van der Waals surface area contributed by atoms with Crippen LogP contribution in [0, 0.1) is 0 Å². The second-order valence-electron chi connectivity index (χ2n) is 3.11. The highest BCUT2D eigenvalue weighted by atomic mass is 35.5. The van der Waals surface area contributed by atoms with Crippen LogP contribution in [0.3, 0.4) is 0 Å². The molecule has 0 aromatic rings. The molecule has 0 aromatic heterocycles. The van der Waals surface area contributed by atoms with Gasteiger partial charge in [-0.3, -0.25) is 0 Å². The van der Waals surface area contributed by atoms with Gasteiger partial charge < -0.3 is 9.07 Å². The zero-order valence-electron chi connectivity index (χ0n) is 7.20. The van der Waals surface area contributed by atoms with Crippen molar-refractivity contribution in [1.82, 2.24) is 0 Å². The summed E-state index contributed by atoms with van der Waals surface area (Å²) in [6.45, 7) is 4.53. The van der Waals surface area contributed by atoms with Crippen LogP contribution in [0.15, 0.2) is 0 Å². The molecule has 0 aromatic carbocycles. The van der Waals surface area contributed by atoms with E-state index in [0.29, 0.717) is 0 Å². The van der Waals surface area contributed by atoms with Crippen molar-refractivity contribution < 1.29 is 0 Å². The molecule has 1 unspecified atom stereocenters. The van der Waals surface area contributed by atoms with Crippen LogP contribution >= 0.6 is 9.07 Å². The van der Waals surface area contributed by atoms with Gasteiger partial charge in [0.2, 0.25) is 0 Å². The van der Waals surface area contributed by atoms with Gasteiger partial charge in [-0.25, -0.2) is 0 Å². The maximum absolute atomic E-state index is 5.80. The van der Waals surface area contributed by atoms with E-state index in [9.17, 15) is 0 Å². The summed E-state index contributed by atoms with van der Waals surface area (Å²) in [5.41, 5.74) is 0. The van der Waals surface area contributed by atoms with Crippen LogP contribution < -0.4 is 0 Å². The molecule has 0 aliphatic heterocycles. The first-order valence-corrected chi connectivity index (χ1v) is 7.32. The van der Waals surface area contributed by atoms with Gasteiger partial charge >= 0.3 is 19.3 Å². The van der Waals surface area contributed by atoms with E-state index in [1.807, 2.05) is 0 Å². The Balaban J connectivity index is 2.89. The summed E-state index contributed by atoms with van der Waals surface area (Å²) in [4.78, 5) is 0. The molecular formula is C8H17ClMg. The van der Waals surface area contributed by atoms with Gasteiger partial charge in [0.15, 0.2) is 0 Å². The lowest BCUT2D eigenvalue weighted by Crippen LogP contribution is -1.91. The fourth-order valence-electron chi connectivity index (χ4n) is 0.997. The first kappa shape index (κ1) is 11.1. The molecule has 0 saturated heterocycles. The van der Waals surface area contributed by atoms with Gasteiger partial charge in [0, 0.05) is 0 Å². The molecule has 0 rings (SSSR count). The highest BCUT2D eigenvalue weighted by molar-refractivity contribution is 6.94. The molecule has 0 radical (unpaired) electrons. The van der Waals surface area contributed by atoms with Crippen LogP contribution in [0.2, 0.25) is 4.05 Å². The molecule has 2 heteroatoms. The van der Waals surface area contributed by atoms with Gasteiger partial charge in [-0.05, 0) is 0 Å². The molecule has 0 amide bonds. The lowest BCUT2D eigenvalue weighted by molar-refractivity contribution is 0.623. The van der Waals surface area contributed by atoms with E-state index in [1.165, 1.54) is 32.1 Å². The summed E-state index contributed by atoms with van der Waals surface area (Å²) in [5.74, 6) is 0. The van der Waals surface area contributed by atoms with Crippen LogP contribution in [0.4, 0.5) is 0 Å². The summed E-state index contributed by atoms with van der Waals surface area (Å²) in [6.07, 6.45) is 6.92.